The molecule has 1 unspecified atom stereocenters. The Morgan fingerprint density at radius 1 is 1.15 bits per heavy atom. The molecule has 0 aliphatic carbocycles. The lowest BCUT2D eigenvalue weighted by Gasteiger charge is -2.33. The Labute approximate surface area is 152 Å². The summed E-state index contributed by atoms with van der Waals surface area (Å²) in [7, 11) is 1.65. The van der Waals surface area contributed by atoms with Crippen LogP contribution in [0, 0.1) is 0 Å². The number of ether oxygens (including phenoxy) is 2. The highest BCUT2D eigenvalue weighted by Crippen LogP contribution is 2.27. The van der Waals surface area contributed by atoms with Crippen molar-refractivity contribution in [2.24, 2.45) is 0 Å². The number of rotatable bonds is 4. The van der Waals surface area contributed by atoms with Crippen LogP contribution in [0.5, 0.6) is 5.75 Å². The van der Waals surface area contributed by atoms with Gasteiger partial charge in [-0.25, -0.2) is 0 Å². The summed E-state index contributed by atoms with van der Waals surface area (Å²) in [4.78, 5) is 14.8. The van der Waals surface area contributed by atoms with Crippen LogP contribution < -0.4 is 4.74 Å². The number of benzene rings is 2. The minimum Gasteiger partial charge on any atom is -0.495 e. The van der Waals surface area contributed by atoms with Crippen molar-refractivity contribution < 1.29 is 14.3 Å². The fraction of sp³-hybridized carbons (Fsp3) is 0.286. The zero-order valence-corrected chi connectivity index (χ0v) is 14.8. The van der Waals surface area contributed by atoms with E-state index in [-0.39, 0.29) is 12.0 Å². The molecule has 0 spiro atoms. The molecule has 0 radical (unpaired) electrons. The van der Waals surface area contributed by atoms with Crippen LogP contribution in [0.2, 0.25) is 0 Å². The van der Waals surface area contributed by atoms with Crippen molar-refractivity contribution in [2.75, 3.05) is 26.8 Å². The van der Waals surface area contributed by atoms with Crippen molar-refractivity contribution in [3.05, 3.63) is 66.4 Å². The van der Waals surface area contributed by atoms with E-state index in [0.29, 0.717) is 26.2 Å². The predicted molar refractivity (Wildman–Crippen MR) is 100 cm³/mol. The molecule has 0 bridgehead atoms. The van der Waals surface area contributed by atoms with E-state index in [4.69, 9.17) is 9.47 Å². The quantitative estimate of drug-likeness (QED) is 0.725. The number of aromatic nitrogens is 1. The highest BCUT2D eigenvalue weighted by molar-refractivity contribution is 5.88. The molecule has 2 heterocycles. The van der Waals surface area contributed by atoms with Crippen molar-refractivity contribution >= 4 is 16.8 Å². The van der Waals surface area contributed by atoms with E-state index < -0.39 is 0 Å². The van der Waals surface area contributed by atoms with E-state index in [0.717, 1.165) is 22.2 Å². The van der Waals surface area contributed by atoms with Crippen molar-refractivity contribution in [3.8, 4) is 5.75 Å². The molecule has 1 amide bonds. The summed E-state index contributed by atoms with van der Waals surface area (Å²) in [5, 5.41) is 1.07. The van der Waals surface area contributed by atoms with Crippen LogP contribution in [-0.4, -0.2) is 42.2 Å². The Morgan fingerprint density at radius 3 is 2.81 bits per heavy atom. The number of hydrogen-bond acceptors (Lipinski definition) is 3. The van der Waals surface area contributed by atoms with Gasteiger partial charge in [0.1, 0.15) is 18.4 Å². The number of hydrogen-bond donors (Lipinski definition) is 0. The van der Waals surface area contributed by atoms with Gasteiger partial charge in [-0.3, -0.25) is 4.79 Å². The molecule has 2 aromatic carbocycles. The largest absolute Gasteiger partial charge is 0.495 e. The van der Waals surface area contributed by atoms with Crippen LogP contribution in [-0.2, 0) is 16.1 Å². The van der Waals surface area contributed by atoms with Gasteiger partial charge < -0.3 is 18.9 Å². The maximum Gasteiger partial charge on any atom is 0.242 e. The first-order chi connectivity index (χ1) is 12.8. The molecule has 0 N–H and O–H groups in total. The van der Waals surface area contributed by atoms with Gasteiger partial charge in [-0.2, -0.15) is 0 Å². The average Bonchev–Trinajstić information content (AvgIpc) is 3.12. The summed E-state index contributed by atoms with van der Waals surface area (Å²) in [5.41, 5.74) is 2.06. The summed E-state index contributed by atoms with van der Waals surface area (Å²) in [6.07, 6.45) is 1.88. The average molecular weight is 350 g/mol. The van der Waals surface area contributed by atoms with Crippen LogP contribution in [0.25, 0.3) is 10.9 Å². The summed E-state index contributed by atoms with van der Waals surface area (Å²) < 4.78 is 13.3. The molecule has 1 fully saturated rings. The molecule has 3 aromatic rings. The van der Waals surface area contributed by atoms with Crippen molar-refractivity contribution in [1.29, 1.82) is 0 Å². The molecule has 5 nitrogen and oxygen atoms in total. The highest BCUT2D eigenvalue weighted by atomic mass is 16.5. The first kappa shape index (κ1) is 16.7. The number of nitrogens with zero attached hydrogens (tertiary/aromatic N) is 2. The Kier molecular flexibility index (Phi) is 4.63. The van der Waals surface area contributed by atoms with Crippen LogP contribution in [0.4, 0.5) is 0 Å². The van der Waals surface area contributed by atoms with E-state index in [1.807, 2.05) is 70.3 Å². The van der Waals surface area contributed by atoms with Gasteiger partial charge in [0, 0.05) is 18.1 Å². The van der Waals surface area contributed by atoms with E-state index in [2.05, 4.69) is 0 Å². The Bertz CT molecular complexity index is 904. The van der Waals surface area contributed by atoms with Gasteiger partial charge in [-0.1, -0.05) is 42.5 Å². The van der Waals surface area contributed by atoms with E-state index >= 15 is 0 Å². The second-order valence-electron chi connectivity index (χ2n) is 6.45. The predicted octanol–water partition coefficient (Wildman–Crippen LogP) is 3.25. The van der Waals surface area contributed by atoms with Crippen molar-refractivity contribution in [1.82, 2.24) is 9.47 Å². The first-order valence-electron chi connectivity index (χ1n) is 8.82. The van der Waals surface area contributed by atoms with Gasteiger partial charge >= 0.3 is 0 Å². The number of carbonyl (C=O) groups excluding carboxylic acids is 1. The fourth-order valence-corrected chi connectivity index (χ4v) is 3.51. The second-order valence-corrected chi connectivity index (χ2v) is 6.45. The summed E-state index contributed by atoms with van der Waals surface area (Å²) >= 11 is 0. The van der Waals surface area contributed by atoms with E-state index in [1.165, 1.54) is 0 Å². The smallest absolute Gasteiger partial charge is 0.242 e. The molecular formula is C21H22N2O3. The number of para-hydroxylation sites is 1. The number of fused-ring (bicyclic) bond motifs is 1. The number of morpholine rings is 1. The SMILES string of the molecule is COc1cccc2ccn(CC(=O)N3CCOC(c4ccccc4)C3)c12. The van der Waals surface area contributed by atoms with E-state index in [9.17, 15) is 4.79 Å². The molecule has 0 saturated carbocycles. The number of carbonyl (C=O) groups is 1. The molecule has 1 saturated heterocycles. The zero-order chi connectivity index (χ0) is 17.9. The monoisotopic (exact) mass is 350 g/mol. The molecule has 1 aliphatic heterocycles. The summed E-state index contributed by atoms with van der Waals surface area (Å²) in [5.74, 6) is 0.877. The molecule has 26 heavy (non-hydrogen) atoms. The minimum absolute atomic E-state index is 0.0650. The molecule has 134 valence electrons. The van der Waals surface area contributed by atoms with Crippen LogP contribution in [0.3, 0.4) is 0 Å². The zero-order valence-electron chi connectivity index (χ0n) is 14.8. The molecule has 4 rings (SSSR count). The molecule has 1 aromatic heterocycles. The van der Waals surface area contributed by atoms with Crippen molar-refractivity contribution in [2.45, 2.75) is 12.6 Å². The van der Waals surface area contributed by atoms with Crippen molar-refractivity contribution in [3.63, 3.8) is 0 Å². The lowest BCUT2D eigenvalue weighted by molar-refractivity contribution is -0.139. The third-order valence-electron chi connectivity index (χ3n) is 4.87. The lowest BCUT2D eigenvalue weighted by Crippen LogP contribution is -2.43. The van der Waals surface area contributed by atoms with Crippen LogP contribution in [0.15, 0.2) is 60.8 Å². The normalized spacial score (nSPS) is 17.4. The van der Waals surface area contributed by atoms with Crippen LogP contribution in [0.1, 0.15) is 11.7 Å². The van der Waals surface area contributed by atoms with Gasteiger partial charge in [-0.15, -0.1) is 0 Å². The molecule has 1 aliphatic rings. The number of methoxy groups -OCH3 is 1. The minimum atomic E-state index is -0.0650. The van der Waals surface area contributed by atoms with E-state index in [1.54, 1.807) is 7.11 Å². The second kappa shape index (κ2) is 7.22. The van der Waals surface area contributed by atoms with Gasteiger partial charge in [-0.05, 0) is 17.7 Å². The third kappa shape index (κ3) is 3.18. The van der Waals surface area contributed by atoms with Gasteiger partial charge in [0.05, 0.1) is 25.8 Å². The highest BCUT2D eigenvalue weighted by Gasteiger charge is 2.25. The maximum atomic E-state index is 12.9. The number of amides is 1. The Morgan fingerprint density at radius 2 is 2.00 bits per heavy atom. The molecule has 5 heteroatoms. The van der Waals surface area contributed by atoms with Gasteiger partial charge in [0.15, 0.2) is 0 Å². The molecular weight excluding hydrogens is 328 g/mol. The van der Waals surface area contributed by atoms with Crippen LogP contribution >= 0.6 is 0 Å². The third-order valence-corrected chi connectivity index (χ3v) is 4.87. The summed E-state index contributed by atoms with van der Waals surface area (Å²) in [6, 6.07) is 18.0. The topological polar surface area (TPSA) is 43.7 Å². The Hall–Kier alpha value is -2.79. The van der Waals surface area contributed by atoms with Gasteiger partial charge in [0.2, 0.25) is 5.91 Å². The summed E-state index contributed by atoms with van der Waals surface area (Å²) in [6.45, 7) is 2.06. The van der Waals surface area contributed by atoms with Gasteiger partial charge in [0.25, 0.3) is 0 Å². The molecule has 1 atom stereocenters. The maximum absolute atomic E-state index is 12.9. The standard InChI is InChI=1S/C21H22N2O3/c1-25-18-9-5-8-17-10-11-23(21(17)18)15-20(24)22-12-13-26-19(14-22)16-6-3-2-4-7-16/h2-11,19H,12-15H2,1H3. The fourth-order valence-electron chi connectivity index (χ4n) is 3.51. The first-order valence-corrected chi connectivity index (χ1v) is 8.82. The lowest BCUT2D eigenvalue weighted by atomic mass is 10.1. The Balaban J connectivity index is 1.52.